The fraction of sp³-hybridized carbons (Fsp3) is 0.441. The zero-order chi connectivity index (χ0) is 26.9. The molecule has 0 amide bonds. The Morgan fingerprint density at radius 1 is 0.946 bits per heavy atom. The van der Waals surface area contributed by atoms with E-state index in [9.17, 15) is 0 Å². The first kappa shape index (κ1) is 30.3. The van der Waals surface area contributed by atoms with E-state index in [1.807, 2.05) is 27.7 Å². The minimum Gasteiger partial charge on any atom is -0.441 e. The average molecular weight is 502 g/mol. The van der Waals surface area contributed by atoms with Gasteiger partial charge in [-0.05, 0) is 62.3 Å². The molecule has 2 aromatic carbocycles. The molecule has 200 valence electrons. The molecule has 1 atom stereocenters. The lowest BCUT2D eigenvalue weighted by Gasteiger charge is -2.12. The molecule has 1 aliphatic carbocycles. The highest BCUT2D eigenvalue weighted by Gasteiger charge is 2.14. The minimum atomic E-state index is 0.145. The van der Waals surface area contributed by atoms with Crippen LogP contribution >= 0.6 is 0 Å². The fourth-order valence-corrected chi connectivity index (χ4v) is 4.25. The van der Waals surface area contributed by atoms with Crippen molar-refractivity contribution in [2.75, 3.05) is 6.61 Å². The zero-order valence-electron chi connectivity index (χ0n) is 23.9. The Hall–Kier alpha value is -2.91. The van der Waals surface area contributed by atoms with Gasteiger partial charge < -0.3 is 9.15 Å². The smallest absolute Gasteiger partial charge is 0.226 e. The van der Waals surface area contributed by atoms with E-state index in [4.69, 9.17) is 14.1 Å². The third kappa shape index (κ3) is 10.2. The lowest BCUT2D eigenvalue weighted by Crippen LogP contribution is -2.12. The highest BCUT2D eigenvalue weighted by molar-refractivity contribution is 5.54. The van der Waals surface area contributed by atoms with Gasteiger partial charge in [0.25, 0.3) is 0 Å². The minimum absolute atomic E-state index is 0.145. The highest BCUT2D eigenvalue weighted by Crippen LogP contribution is 2.24. The molecule has 1 aliphatic rings. The van der Waals surface area contributed by atoms with Crippen molar-refractivity contribution in [3.05, 3.63) is 101 Å². The Balaban J connectivity index is 0.00000115. The summed E-state index contributed by atoms with van der Waals surface area (Å²) in [4.78, 5) is 4.83. The van der Waals surface area contributed by atoms with Gasteiger partial charge in [0.15, 0.2) is 0 Å². The van der Waals surface area contributed by atoms with Crippen molar-refractivity contribution >= 4 is 0 Å². The Morgan fingerprint density at radius 3 is 2.35 bits per heavy atom. The lowest BCUT2D eigenvalue weighted by molar-refractivity contribution is 0.0888. The summed E-state index contributed by atoms with van der Waals surface area (Å²) in [6, 6.07) is 19.1. The summed E-state index contributed by atoms with van der Waals surface area (Å²) < 4.78 is 12.3. The molecule has 3 nitrogen and oxygen atoms in total. The van der Waals surface area contributed by atoms with Gasteiger partial charge in [-0.3, -0.25) is 0 Å². The number of hydrogen-bond acceptors (Lipinski definition) is 3. The quantitative estimate of drug-likeness (QED) is 0.288. The fourth-order valence-electron chi connectivity index (χ4n) is 4.25. The SMILES string of the molecule is CC.CC.CCc1oc(-c2ccc(Cc3ccccc3)cc2)nc1CCOC1/C=C/CCC/C(C)=C/C1. The van der Waals surface area contributed by atoms with E-state index in [2.05, 4.69) is 86.7 Å². The number of nitrogens with zero attached hydrogens (tertiary/aromatic N) is 1. The molecule has 1 unspecified atom stereocenters. The largest absolute Gasteiger partial charge is 0.441 e. The topological polar surface area (TPSA) is 35.3 Å². The van der Waals surface area contributed by atoms with Crippen molar-refractivity contribution in [2.24, 2.45) is 0 Å². The average Bonchev–Trinajstić information content (AvgIpc) is 3.40. The van der Waals surface area contributed by atoms with E-state index in [-0.39, 0.29) is 6.10 Å². The number of allylic oxidation sites excluding steroid dienone is 2. The summed E-state index contributed by atoms with van der Waals surface area (Å²) in [5, 5.41) is 0. The van der Waals surface area contributed by atoms with E-state index in [1.165, 1.54) is 29.5 Å². The molecule has 0 spiro atoms. The predicted octanol–water partition coefficient (Wildman–Crippen LogP) is 9.55. The molecule has 0 N–H and O–H groups in total. The highest BCUT2D eigenvalue weighted by atomic mass is 16.5. The maximum absolute atomic E-state index is 6.20. The van der Waals surface area contributed by atoms with Crippen molar-refractivity contribution < 1.29 is 9.15 Å². The number of aryl methyl sites for hydroxylation is 1. The number of aromatic nitrogens is 1. The first-order valence-electron chi connectivity index (χ1n) is 14.3. The van der Waals surface area contributed by atoms with E-state index < -0.39 is 0 Å². The maximum Gasteiger partial charge on any atom is 0.226 e. The summed E-state index contributed by atoms with van der Waals surface area (Å²) in [7, 11) is 0. The van der Waals surface area contributed by atoms with Crippen LogP contribution in [0, 0.1) is 0 Å². The zero-order valence-corrected chi connectivity index (χ0v) is 23.9. The third-order valence-electron chi connectivity index (χ3n) is 6.21. The van der Waals surface area contributed by atoms with Crippen LogP contribution < -0.4 is 0 Å². The van der Waals surface area contributed by atoms with Crippen molar-refractivity contribution in [3.63, 3.8) is 0 Å². The summed E-state index contributed by atoms with van der Waals surface area (Å²) in [6.45, 7) is 13.0. The molecule has 4 rings (SSSR count). The summed E-state index contributed by atoms with van der Waals surface area (Å²) in [5.74, 6) is 1.66. The van der Waals surface area contributed by atoms with Crippen LogP contribution in [0.5, 0.6) is 0 Å². The van der Waals surface area contributed by atoms with Gasteiger partial charge in [0.1, 0.15) is 5.76 Å². The molecule has 0 radical (unpaired) electrons. The molecule has 0 bridgehead atoms. The number of rotatable bonds is 8. The molecule has 3 heteroatoms. The number of ether oxygens (including phenoxy) is 1. The van der Waals surface area contributed by atoms with Gasteiger partial charge in [-0.1, -0.05) is 101 Å². The Morgan fingerprint density at radius 2 is 1.65 bits per heavy atom. The monoisotopic (exact) mass is 501 g/mol. The molecule has 0 fully saturated rings. The van der Waals surface area contributed by atoms with Gasteiger partial charge in [-0.15, -0.1) is 0 Å². The van der Waals surface area contributed by atoms with Gasteiger partial charge in [0, 0.05) is 18.4 Å². The van der Waals surface area contributed by atoms with Crippen LogP contribution in [-0.4, -0.2) is 17.7 Å². The molecule has 0 saturated carbocycles. The Bertz CT molecular complexity index is 1060. The van der Waals surface area contributed by atoms with Crippen molar-refractivity contribution in [1.29, 1.82) is 0 Å². The molecule has 37 heavy (non-hydrogen) atoms. The second-order valence-corrected chi connectivity index (χ2v) is 8.87. The lowest BCUT2D eigenvalue weighted by atomic mass is 10.0. The molecule has 1 aromatic heterocycles. The first-order chi connectivity index (χ1) is 18.2. The van der Waals surface area contributed by atoms with Crippen LogP contribution in [-0.2, 0) is 24.0 Å². The summed E-state index contributed by atoms with van der Waals surface area (Å²) in [6.07, 6.45) is 14.0. The van der Waals surface area contributed by atoms with Gasteiger partial charge in [0.05, 0.1) is 18.4 Å². The molecule has 1 heterocycles. The summed E-state index contributed by atoms with van der Waals surface area (Å²) in [5.41, 5.74) is 6.11. The Kier molecular flexibility index (Phi) is 14.4. The second kappa shape index (κ2) is 17.5. The predicted molar refractivity (Wildman–Crippen MR) is 158 cm³/mol. The summed E-state index contributed by atoms with van der Waals surface area (Å²) >= 11 is 0. The van der Waals surface area contributed by atoms with Crippen molar-refractivity contribution in [2.45, 2.75) is 92.6 Å². The molecule has 0 aliphatic heterocycles. The van der Waals surface area contributed by atoms with Gasteiger partial charge in [-0.2, -0.15) is 0 Å². The second-order valence-electron chi connectivity index (χ2n) is 8.87. The third-order valence-corrected chi connectivity index (χ3v) is 6.21. The van der Waals surface area contributed by atoms with Gasteiger partial charge >= 0.3 is 0 Å². The normalized spacial score (nSPS) is 17.5. The molecule has 0 saturated heterocycles. The van der Waals surface area contributed by atoms with Gasteiger partial charge in [-0.25, -0.2) is 4.98 Å². The van der Waals surface area contributed by atoms with E-state index in [1.54, 1.807) is 0 Å². The molecular formula is C34H47NO2. The van der Waals surface area contributed by atoms with Crippen LogP contribution in [0.15, 0.2) is 82.8 Å². The number of benzene rings is 2. The van der Waals surface area contributed by atoms with Crippen LogP contribution in [0.3, 0.4) is 0 Å². The van der Waals surface area contributed by atoms with E-state index in [0.717, 1.165) is 49.1 Å². The van der Waals surface area contributed by atoms with Crippen LogP contribution in [0.2, 0.25) is 0 Å². The van der Waals surface area contributed by atoms with Crippen molar-refractivity contribution in [1.82, 2.24) is 4.98 Å². The number of hydrogen-bond donors (Lipinski definition) is 0. The number of oxazole rings is 1. The van der Waals surface area contributed by atoms with E-state index >= 15 is 0 Å². The van der Waals surface area contributed by atoms with Gasteiger partial charge in [0.2, 0.25) is 5.89 Å². The maximum atomic E-state index is 6.20. The van der Waals surface area contributed by atoms with Crippen LogP contribution in [0.1, 0.15) is 89.8 Å². The Labute approximate surface area is 225 Å². The van der Waals surface area contributed by atoms with E-state index in [0.29, 0.717) is 12.5 Å². The standard InChI is InChI=1S/C30H35NO2.2C2H6/c1-3-29-28(20-21-32-27-13-9-4-6-10-23(2)14-19-27)31-30(33-29)26-17-15-25(16-18-26)22-24-11-7-5-8-12-24;2*1-2/h5,7-9,11-18,27H,3-4,6,10,19-22H2,1-2H3;2*1-2H3/b13-9+,23-14+;;. The molecular weight excluding hydrogens is 454 g/mol. The first-order valence-corrected chi connectivity index (χ1v) is 14.3. The van der Waals surface area contributed by atoms with Crippen LogP contribution in [0.25, 0.3) is 11.5 Å². The molecule has 3 aromatic rings. The van der Waals surface area contributed by atoms with Crippen molar-refractivity contribution in [3.8, 4) is 11.5 Å². The van der Waals surface area contributed by atoms with Crippen LogP contribution in [0.4, 0.5) is 0 Å².